The number of fused-ring (bicyclic) bond motifs is 1. The first-order chi connectivity index (χ1) is 10.1. The molecule has 2 aromatic rings. The highest BCUT2D eigenvalue weighted by molar-refractivity contribution is 5.94. The Morgan fingerprint density at radius 3 is 2.90 bits per heavy atom. The van der Waals surface area contributed by atoms with Gasteiger partial charge in [-0.2, -0.15) is 0 Å². The SMILES string of the molecule is O=C(NC[C@H]1Cn2ccnc2CO1)c1cc(F)cc(F)c1. The number of benzene rings is 1. The Morgan fingerprint density at radius 1 is 1.38 bits per heavy atom. The molecule has 1 amide bonds. The standard InChI is InChI=1S/C14H13F2N3O2/c15-10-3-9(4-11(16)5-10)14(20)18-6-12-7-19-2-1-17-13(19)8-21-12/h1-5,12H,6-8H2,(H,18,20)/t12-/m0/s1. The highest BCUT2D eigenvalue weighted by atomic mass is 19.1. The number of rotatable bonds is 3. The van der Waals surface area contributed by atoms with Crippen LogP contribution in [0.2, 0.25) is 0 Å². The summed E-state index contributed by atoms with van der Waals surface area (Å²) in [6.07, 6.45) is 3.33. The van der Waals surface area contributed by atoms with Crippen LogP contribution in [-0.4, -0.2) is 28.1 Å². The zero-order valence-electron chi connectivity index (χ0n) is 11.1. The van der Waals surface area contributed by atoms with Crippen LogP contribution in [0.25, 0.3) is 0 Å². The minimum absolute atomic E-state index is 0.0494. The molecule has 1 aromatic heterocycles. The largest absolute Gasteiger partial charge is 0.367 e. The molecule has 2 heterocycles. The van der Waals surface area contributed by atoms with Crippen LogP contribution >= 0.6 is 0 Å². The highest BCUT2D eigenvalue weighted by Gasteiger charge is 2.20. The topological polar surface area (TPSA) is 56.2 Å². The number of carbonyl (C=O) groups excluding carboxylic acids is 1. The number of imidazole rings is 1. The molecule has 110 valence electrons. The van der Waals surface area contributed by atoms with Gasteiger partial charge in [-0.3, -0.25) is 4.79 Å². The van der Waals surface area contributed by atoms with Gasteiger partial charge in [-0.15, -0.1) is 0 Å². The number of aromatic nitrogens is 2. The van der Waals surface area contributed by atoms with Gasteiger partial charge in [-0.25, -0.2) is 13.8 Å². The molecule has 0 fully saturated rings. The molecule has 0 radical (unpaired) electrons. The van der Waals surface area contributed by atoms with Crippen molar-refractivity contribution < 1.29 is 18.3 Å². The molecule has 0 bridgehead atoms. The number of halogens is 2. The van der Waals surface area contributed by atoms with Gasteiger partial charge in [-0.05, 0) is 12.1 Å². The number of hydrogen-bond donors (Lipinski definition) is 1. The van der Waals surface area contributed by atoms with Gasteiger partial charge in [0, 0.05) is 30.6 Å². The van der Waals surface area contributed by atoms with E-state index in [4.69, 9.17) is 4.74 Å². The van der Waals surface area contributed by atoms with E-state index in [1.54, 1.807) is 6.20 Å². The molecule has 5 nitrogen and oxygen atoms in total. The summed E-state index contributed by atoms with van der Waals surface area (Å²) >= 11 is 0. The van der Waals surface area contributed by atoms with Gasteiger partial charge >= 0.3 is 0 Å². The fourth-order valence-electron chi connectivity index (χ4n) is 2.23. The molecular formula is C14H13F2N3O2. The number of nitrogens with one attached hydrogen (secondary N) is 1. The first-order valence-electron chi connectivity index (χ1n) is 6.48. The molecule has 0 saturated heterocycles. The van der Waals surface area contributed by atoms with Gasteiger partial charge in [-0.1, -0.05) is 0 Å². The zero-order chi connectivity index (χ0) is 14.8. The summed E-state index contributed by atoms with van der Waals surface area (Å²) in [5.41, 5.74) is -0.0494. The lowest BCUT2D eigenvalue weighted by Gasteiger charge is -2.24. The Labute approximate surface area is 119 Å². The third kappa shape index (κ3) is 3.08. The van der Waals surface area contributed by atoms with Crippen molar-refractivity contribution in [3.8, 4) is 0 Å². The molecule has 1 aromatic carbocycles. The number of carbonyl (C=O) groups is 1. The second kappa shape index (κ2) is 5.61. The Bertz CT molecular complexity index is 652. The van der Waals surface area contributed by atoms with Crippen molar-refractivity contribution in [3.05, 3.63) is 53.6 Å². The highest BCUT2D eigenvalue weighted by Crippen LogP contribution is 2.12. The molecule has 0 unspecified atom stereocenters. The van der Waals surface area contributed by atoms with E-state index in [1.165, 1.54) is 0 Å². The lowest BCUT2D eigenvalue weighted by molar-refractivity contribution is 0.00327. The van der Waals surface area contributed by atoms with E-state index >= 15 is 0 Å². The van der Waals surface area contributed by atoms with Crippen LogP contribution in [0.4, 0.5) is 8.78 Å². The van der Waals surface area contributed by atoms with E-state index in [9.17, 15) is 13.6 Å². The van der Waals surface area contributed by atoms with E-state index in [1.807, 2.05) is 10.8 Å². The lowest BCUT2D eigenvalue weighted by Crippen LogP contribution is -2.38. The molecule has 0 spiro atoms. The van der Waals surface area contributed by atoms with Crippen LogP contribution < -0.4 is 5.32 Å². The van der Waals surface area contributed by atoms with Crippen molar-refractivity contribution in [2.75, 3.05) is 6.54 Å². The van der Waals surface area contributed by atoms with Crippen LogP contribution in [0, 0.1) is 11.6 Å². The van der Waals surface area contributed by atoms with E-state index in [0.29, 0.717) is 13.2 Å². The first kappa shape index (κ1) is 13.7. The smallest absolute Gasteiger partial charge is 0.251 e. The fourth-order valence-corrected chi connectivity index (χ4v) is 2.23. The average molecular weight is 293 g/mol. The third-order valence-electron chi connectivity index (χ3n) is 3.27. The van der Waals surface area contributed by atoms with Crippen molar-refractivity contribution in [2.45, 2.75) is 19.3 Å². The summed E-state index contributed by atoms with van der Waals surface area (Å²) in [5, 5.41) is 2.62. The second-order valence-corrected chi connectivity index (χ2v) is 4.80. The Morgan fingerprint density at radius 2 is 2.14 bits per heavy atom. The van der Waals surface area contributed by atoms with Gasteiger partial charge in [0.15, 0.2) is 0 Å². The molecule has 1 aliphatic heterocycles. The van der Waals surface area contributed by atoms with Crippen LogP contribution in [-0.2, 0) is 17.9 Å². The van der Waals surface area contributed by atoms with Crippen molar-refractivity contribution in [1.82, 2.24) is 14.9 Å². The molecule has 1 atom stereocenters. The van der Waals surface area contributed by atoms with E-state index < -0.39 is 17.5 Å². The number of hydrogen-bond acceptors (Lipinski definition) is 3. The molecule has 21 heavy (non-hydrogen) atoms. The lowest BCUT2D eigenvalue weighted by atomic mass is 10.2. The quantitative estimate of drug-likeness (QED) is 0.933. The van der Waals surface area contributed by atoms with Crippen LogP contribution in [0.1, 0.15) is 16.2 Å². The van der Waals surface area contributed by atoms with E-state index in [0.717, 1.165) is 24.0 Å². The third-order valence-corrected chi connectivity index (χ3v) is 3.27. The summed E-state index contributed by atoms with van der Waals surface area (Å²) in [5.74, 6) is -1.26. The molecule has 0 aliphatic carbocycles. The molecule has 1 aliphatic rings. The average Bonchev–Trinajstić information content (AvgIpc) is 2.91. The summed E-state index contributed by atoms with van der Waals surface area (Å²) in [4.78, 5) is 16.0. The summed E-state index contributed by atoms with van der Waals surface area (Å²) in [6, 6.07) is 2.71. The monoisotopic (exact) mass is 293 g/mol. The summed E-state index contributed by atoms with van der Waals surface area (Å²) < 4.78 is 33.6. The Balaban J connectivity index is 1.59. The maximum Gasteiger partial charge on any atom is 0.251 e. The van der Waals surface area contributed by atoms with Crippen molar-refractivity contribution in [1.29, 1.82) is 0 Å². The van der Waals surface area contributed by atoms with Gasteiger partial charge in [0.1, 0.15) is 24.1 Å². The van der Waals surface area contributed by atoms with Crippen LogP contribution in [0.15, 0.2) is 30.6 Å². The predicted octanol–water partition coefficient (Wildman–Crippen LogP) is 1.49. The maximum atomic E-state index is 13.1. The van der Waals surface area contributed by atoms with Crippen LogP contribution in [0.3, 0.4) is 0 Å². The molecule has 1 N–H and O–H groups in total. The minimum atomic E-state index is -0.780. The molecule has 3 rings (SSSR count). The predicted molar refractivity (Wildman–Crippen MR) is 69.5 cm³/mol. The Hall–Kier alpha value is -2.28. The second-order valence-electron chi connectivity index (χ2n) is 4.80. The first-order valence-corrected chi connectivity index (χ1v) is 6.48. The molecular weight excluding hydrogens is 280 g/mol. The van der Waals surface area contributed by atoms with E-state index in [-0.39, 0.29) is 18.2 Å². The number of ether oxygens (including phenoxy) is 1. The van der Waals surface area contributed by atoms with Crippen molar-refractivity contribution >= 4 is 5.91 Å². The van der Waals surface area contributed by atoms with Gasteiger partial charge in [0.2, 0.25) is 0 Å². The Kier molecular flexibility index (Phi) is 3.66. The number of nitrogens with zero attached hydrogens (tertiary/aromatic N) is 2. The van der Waals surface area contributed by atoms with Crippen LogP contribution in [0.5, 0.6) is 0 Å². The van der Waals surface area contributed by atoms with Gasteiger partial charge < -0.3 is 14.6 Å². The fraction of sp³-hybridized carbons (Fsp3) is 0.286. The number of amides is 1. The molecule has 0 saturated carbocycles. The molecule has 7 heteroatoms. The maximum absolute atomic E-state index is 13.1. The summed E-state index contributed by atoms with van der Waals surface area (Å²) in [6.45, 7) is 1.21. The van der Waals surface area contributed by atoms with Gasteiger partial charge in [0.05, 0.1) is 12.6 Å². The minimum Gasteiger partial charge on any atom is -0.367 e. The van der Waals surface area contributed by atoms with Crippen molar-refractivity contribution in [2.24, 2.45) is 0 Å². The van der Waals surface area contributed by atoms with Crippen molar-refractivity contribution in [3.63, 3.8) is 0 Å². The zero-order valence-corrected chi connectivity index (χ0v) is 11.1. The van der Waals surface area contributed by atoms with Gasteiger partial charge in [0.25, 0.3) is 5.91 Å². The summed E-state index contributed by atoms with van der Waals surface area (Å²) in [7, 11) is 0. The normalized spacial score (nSPS) is 17.3. The van der Waals surface area contributed by atoms with E-state index in [2.05, 4.69) is 10.3 Å².